The van der Waals surface area contributed by atoms with Crippen molar-refractivity contribution in [2.24, 2.45) is 0 Å². The molecule has 66 valence electrons. The molecule has 0 saturated carbocycles. The molecule has 0 bridgehead atoms. The van der Waals surface area contributed by atoms with Gasteiger partial charge in [-0.15, -0.1) is 12.4 Å². The molecule has 0 radical (unpaired) electrons. The van der Waals surface area contributed by atoms with Gasteiger partial charge in [-0.05, 0) is 6.42 Å². The first kappa shape index (κ1) is 10.7. The molecule has 2 atom stereocenters. The average Bonchev–Trinajstić information content (AvgIpc) is 2.13. The number of nitrogens with one attached hydrogen (secondary N) is 1. The summed E-state index contributed by atoms with van der Waals surface area (Å²) in [5.41, 5.74) is 0. The topological polar surface area (TPSA) is 69.6 Å². The molecule has 0 amide bonds. The van der Waals surface area contributed by atoms with Gasteiger partial charge in [0.25, 0.3) is 0 Å². The fraction of sp³-hybridized carbons (Fsp3) is 0.833. The highest BCUT2D eigenvalue weighted by atomic mass is 35.5. The second kappa shape index (κ2) is 4.54. The van der Waals surface area contributed by atoms with Crippen LogP contribution in [0.2, 0.25) is 0 Å². The molecule has 0 unspecified atom stereocenters. The normalized spacial score (nSPS) is 29.5. The molecule has 0 aromatic carbocycles. The van der Waals surface area contributed by atoms with Crippen LogP contribution in [0.3, 0.4) is 0 Å². The molecule has 0 aliphatic carbocycles. The van der Waals surface area contributed by atoms with Crippen LogP contribution in [0.25, 0.3) is 0 Å². The largest absolute Gasteiger partial charge is 0.481 e. The van der Waals surface area contributed by atoms with Gasteiger partial charge in [-0.1, -0.05) is 0 Å². The lowest BCUT2D eigenvalue weighted by atomic mass is 10.1. The predicted molar refractivity (Wildman–Crippen MR) is 41.9 cm³/mol. The summed E-state index contributed by atoms with van der Waals surface area (Å²) < 4.78 is 0. The van der Waals surface area contributed by atoms with Crippen LogP contribution in [0.15, 0.2) is 0 Å². The van der Waals surface area contributed by atoms with Crippen molar-refractivity contribution in [2.45, 2.75) is 25.0 Å². The van der Waals surface area contributed by atoms with E-state index in [1.54, 1.807) is 0 Å². The lowest BCUT2D eigenvalue weighted by Gasteiger charge is -2.03. The molecule has 1 heterocycles. The Labute approximate surface area is 71.0 Å². The van der Waals surface area contributed by atoms with E-state index >= 15 is 0 Å². The van der Waals surface area contributed by atoms with Crippen molar-refractivity contribution in [3.05, 3.63) is 0 Å². The number of aliphatic carboxylic acids is 1. The van der Waals surface area contributed by atoms with Gasteiger partial charge >= 0.3 is 5.97 Å². The number of hydrogen-bond acceptors (Lipinski definition) is 3. The Morgan fingerprint density at radius 2 is 2.27 bits per heavy atom. The number of aliphatic hydroxyl groups is 1. The molecule has 5 heteroatoms. The van der Waals surface area contributed by atoms with Crippen LogP contribution in [-0.2, 0) is 4.79 Å². The molecule has 11 heavy (non-hydrogen) atoms. The lowest BCUT2D eigenvalue weighted by Crippen LogP contribution is -2.24. The zero-order valence-corrected chi connectivity index (χ0v) is 6.80. The highest BCUT2D eigenvalue weighted by Crippen LogP contribution is 2.08. The van der Waals surface area contributed by atoms with E-state index in [9.17, 15) is 4.79 Å². The first-order valence-corrected chi connectivity index (χ1v) is 3.31. The van der Waals surface area contributed by atoms with Crippen molar-refractivity contribution < 1.29 is 15.0 Å². The molecule has 0 aromatic rings. The van der Waals surface area contributed by atoms with Gasteiger partial charge in [0.05, 0.1) is 12.5 Å². The quantitative estimate of drug-likeness (QED) is 0.543. The molecule has 4 nitrogen and oxygen atoms in total. The zero-order chi connectivity index (χ0) is 7.56. The number of halogens is 1. The van der Waals surface area contributed by atoms with E-state index in [0.717, 1.165) is 0 Å². The molecule has 1 aliphatic rings. The van der Waals surface area contributed by atoms with Gasteiger partial charge in [0.15, 0.2) is 0 Å². The smallest absolute Gasteiger partial charge is 0.304 e. The molecule has 1 aliphatic heterocycles. The molecular weight excluding hydrogens is 170 g/mol. The molecule has 1 rings (SSSR count). The SMILES string of the molecule is Cl.O=C(O)C[C@@H]1C[C@@H](O)CN1. The van der Waals surface area contributed by atoms with Gasteiger partial charge in [0.2, 0.25) is 0 Å². The summed E-state index contributed by atoms with van der Waals surface area (Å²) in [4.78, 5) is 10.1. The third-order valence-electron chi connectivity index (χ3n) is 1.62. The Hall–Kier alpha value is -0.320. The lowest BCUT2D eigenvalue weighted by molar-refractivity contribution is -0.137. The molecule has 0 aromatic heterocycles. The first-order valence-electron chi connectivity index (χ1n) is 3.31. The van der Waals surface area contributed by atoms with Crippen LogP contribution in [-0.4, -0.2) is 34.9 Å². The summed E-state index contributed by atoms with van der Waals surface area (Å²) >= 11 is 0. The van der Waals surface area contributed by atoms with Gasteiger partial charge in [-0.3, -0.25) is 4.79 Å². The summed E-state index contributed by atoms with van der Waals surface area (Å²) in [5.74, 6) is -0.813. The van der Waals surface area contributed by atoms with Crippen molar-refractivity contribution >= 4 is 18.4 Å². The minimum absolute atomic E-state index is 0. The second-order valence-corrected chi connectivity index (χ2v) is 2.59. The number of carboxylic acids is 1. The number of hydrogen-bond donors (Lipinski definition) is 3. The average molecular weight is 182 g/mol. The second-order valence-electron chi connectivity index (χ2n) is 2.59. The van der Waals surface area contributed by atoms with E-state index in [2.05, 4.69) is 5.32 Å². The maximum atomic E-state index is 10.1. The maximum absolute atomic E-state index is 10.1. The minimum atomic E-state index is -0.813. The summed E-state index contributed by atoms with van der Waals surface area (Å²) in [7, 11) is 0. The Morgan fingerprint density at radius 1 is 1.64 bits per heavy atom. The maximum Gasteiger partial charge on any atom is 0.304 e. The highest BCUT2D eigenvalue weighted by Gasteiger charge is 2.23. The Balaban J connectivity index is 0.000001000. The predicted octanol–water partition coefficient (Wildman–Crippen LogP) is -0.394. The third kappa shape index (κ3) is 3.55. The molecule has 0 spiro atoms. The minimum Gasteiger partial charge on any atom is -0.481 e. The number of carbonyl (C=O) groups is 1. The number of rotatable bonds is 2. The van der Waals surface area contributed by atoms with Gasteiger partial charge in [0.1, 0.15) is 0 Å². The van der Waals surface area contributed by atoms with Crippen LogP contribution in [0.5, 0.6) is 0 Å². The van der Waals surface area contributed by atoms with Gasteiger partial charge < -0.3 is 15.5 Å². The van der Waals surface area contributed by atoms with Gasteiger partial charge in [-0.2, -0.15) is 0 Å². The van der Waals surface area contributed by atoms with Crippen molar-refractivity contribution in [2.75, 3.05) is 6.54 Å². The molecule has 3 N–H and O–H groups in total. The summed E-state index contributed by atoms with van der Waals surface area (Å²) in [6, 6.07) is -0.0347. The van der Waals surface area contributed by atoms with E-state index in [4.69, 9.17) is 10.2 Å². The fourth-order valence-corrected chi connectivity index (χ4v) is 1.16. The monoisotopic (exact) mass is 181 g/mol. The Bertz CT molecular complexity index is 142. The van der Waals surface area contributed by atoms with Crippen LogP contribution in [0, 0.1) is 0 Å². The molecule has 1 saturated heterocycles. The molecule has 1 fully saturated rings. The van der Waals surface area contributed by atoms with E-state index < -0.39 is 5.97 Å². The number of carboxylic acid groups (broad SMARTS) is 1. The standard InChI is InChI=1S/C6H11NO3.ClH/c8-5-1-4(7-3-5)2-6(9)10;/h4-5,7-8H,1-3H2,(H,9,10);1H/t4-,5+;/m0./s1. The summed E-state index contributed by atoms with van der Waals surface area (Å²) in [5, 5.41) is 20.2. The van der Waals surface area contributed by atoms with Crippen LogP contribution >= 0.6 is 12.4 Å². The van der Waals surface area contributed by atoms with E-state index in [-0.39, 0.29) is 31.0 Å². The zero-order valence-electron chi connectivity index (χ0n) is 5.99. The summed E-state index contributed by atoms with van der Waals surface area (Å²) in [6.07, 6.45) is 0.313. The number of β-amino-alcohol motifs (C(OH)–C–C–N with tert-alkyl or cyclic N) is 1. The van der Waals surface area contributed by atoms with E-state index in [1.807, 2.05) is 0 Å². The fourth-order valence-electron chi connectivity index (χ4n) is 1.16. The van der Waals surface area contributed by atoms with Crippen molar-refractivity contribution in [1.29, 1.82) is 0 Å². The number of aliphatic hydroxyl groups excluding tert-OH is 1. The Morgan fingerprint density at radius 3 is 2.64 bits per heavy atom. The van der Waals surface area contributed by atoms with Gasteiger partial charge in [0, 0.05) is 12.6 Å². The third-order valence-corrected chi connectivity index (χ3v) is 1.62. The Kier molecular flexibility index (Phi) is 4.40. The van der Waals surface area contributed by atoms with Crippen molar-refractivity contribution in [3.63, 3.8) is 0 Å². The van der Waals surface area contributed by atoms with E-state index in [1.165, 1.54) is 0 Å². The highest BCUT2D eigenvalue weighted by molar-refractivity contribution is 5.85. The molecular formula is C6H12ClNO3. The van der Waals surface area contributed by atoms with Gasteiger partial charge in [-0.25, -0.2) is 0 Å². The van der Waals surface area contributed by atoms with Crippen LogP contribution in [0.1, 0.15) is 12.8 Å². The first-order chi connectivity index (χ1) is 4.68. The van der Waals surface area contributed by atoms with E-state index in [0.29, 0.717) is 13.0 Å². The summed E-state index contributed by atoms with van der Waals surface area (Å²) in [6.45, 7) is 0.526. The van der Waals surface area contributed by atoms with Crippen molar-refractivity contribution in [1.82, 2.24) is 5.32 Å². The van der Waals surface area contributed by atoms with Crippen LogP contribution < -0.4 is 5.32 Å². The van der Waals surface area contributed by atoms with Crippen molar-refractivity contribution in [3.8, 4) is 0 Å². The van der Waals surface area contributed by atoms with Crippen LogP contribution in [0.4, 0.5) is 0 Å².